The number of methoxy groups -OCH3 is 1. The van der Waals surface area contributed by atoms with Gasteiger partial charge in [0.1, 0.15) is 11.4 Å². The number of nitrogens with one attached hydrogen (secondary N) is 2. The fourth-order valence-corrected chi connectivity index (χ4v) is 2.32. The highest BCUT2D eigenvalue weighted by Gasteiger charge is 2.19. The average Bonchev–Trinajstić information content (AvgIpc) is 2.89. The molecule has 2 aromatic rings. The van der Waals surface area contributed by atoms with Crippen LogP contribution in [-0.4, -0.2) is 23.2 Å². The molecule has 124 valence electrons. The molecule has 1 aromatic heterocycles. The van der Waals surface area contributed by atoms with Crippen molar-refractivity contribution in [2.45, 2.75) is 34.1 Å². The van der Waals surface area contributed by atoms with Gasteiger partial charge in [-0.15, -0.1) is 0 Å². The Labute approximate surface area is 137 Å². The highest BCUT2D eigenvalue weighted by atomic mass is 16.5. The molecule has 1 heterocycles. The number of H-pyrrole nitrogens is 1. The maximum absolute atomic E-state index is 12.2. The molecule has 0 aliphatic heterocycles. The Morgan fingerprint density at radius 2 is 2.04 bits per heavy atom. The summed E-state index contributed by atoms with van der Waals surface area (Å²) in [4.78, 5) is 12.2. The van der Waals surface area contributed by atoms with E-state index in [1.807, 2.05) is 38.1 Å². The third-order valence-electron chi connectivity index (χ3n) is 3.57. The first-order chi connectivity index (χ1) is 10.9. The number of amides is 1. The Balaban J connectivity index is 2.45. The molecule has 0 radical (unpaired) electrons. The molecule has 5 nitrogen and oxygen atoms in total. The number of aromatic nitrogens is 2. The van der Waals surface area contributed by atoms with E-state index in [9.17, 15) is 4.79 Å². The van der Waals surface area contributed by atoms with Gasteiger partial charge in [0.05, 0.1) is 18.5 Å². The molecule has 0 unspecified atom stereocenters. The zero-order chi connectivity index (χ0) is 17.0. The van der Waals surface area contributed by atoms with Crippen molar-refractivity contribution < 1.29 is 9.53 Å². The van der Waals surface area contributed by atoms with Crippen LogP contribution in [0.25, 0.3) is 11.3 Å². The lowest BCUT2D eigenvalue weighted by atomic mass is 10.0. The molecule has 0 saturated carbocycles. The second-order valence-corrected chi connectivity index (χ2v) is 6.40. The first-order valence-corrected chi connectivity index (χ1v) is 7.94. The summed E-state index contributed by atoms with van der Waals surface area (Å²) in [5.41, 5.74) is 3.38. The van der Waals surface area contributed by atoms with Crippen LogP contribution in [0.1, 0.15) is 33.4 Å². The van der Waals surface area contributed by atoms with Crippen LogP contribution in [0.3, 0.4) is 0 Å². The lowest BCUT2D eigenvalue weighted by Gasteiger charge is -2.12. The summed E-state index contributed by atoms with van der Waals surface area (Å²) in [6, 6.07) is 7.68. The van der Waals surface area contributed by atoms with E-state index in [0.29, 0.717) is 5.92 Å². The SMILES string of the molecule is COc1cccc(-c2n[nH]c(CC(C)C)c2NC(=O)C(C)C)c1. The van der Waals surface area contributed by atoms with Gasteiger partial charge in [0.2, 0.25) is 5.91 Å². The van der Waals surface area contributed by atoms with Crippen molar-refractivity contribution in [2.75, 3.05) is 12.4 Å². The maximum atomic E-state index is 12.2. The van der Waals surface area contributed by atoms with Crippen LogP contribution in [-0.2, 0) is 11.2 Å². The zero-order valence-corrected chi connectivity index (χ0v) is 14.4. The molecular weight excluding hydrogens is 290 g/mol. The molecule has 0 fully saturated rings. The minimum Gasteiger partial charge on any atom is -0.497 e. The van der Waals surface area contributed by atoms with Crippen LogP contribution < -0.4 is 10.1 Å². The van der Waals surface area contributed by atoms with Crippen molar-refractivity contribution in [1.29, 1.82) is 0 Å². The summed E-state index contributed by atoms with van der Waals surface area (Å²) in [7, 11) is 1.63. The fourth-order valence-electron chi connectivity index (χ4n) is 2.32. The molecule has 2 rings (SSSR count). The molecule has 0 aliphatic rings. The van der Waals surface area contributed by atoms with E-state index in [4.69, 9.17) is 4.74 Å². The molecule has 0 bridgehead atoms. The van der Waals surface area contributed by atoms with Gasteiger partial charge in [0, 0.05) is 11.5 Å². The van der Waals surface area contributed by atoms with E-state index in [2.05, 4.69) is 29.4 Å². The van der Waals surface area contributed by atoms with E-state index in [1.165, 1.54) is 0 Å². The standard InChI is InChI=1S/C18H25N3O2/c1-11(2)9-15-17(19-18(22)12(3)4)16(21-20-15)13-7-6-8-14(10-13)23-5/h6-8,10-12H,9H2,1-5H3,(H,19,22)(H,20,21). The van der Waals surface area contributed by atoms with Gasteiger partial charge in [-0.1, -0.05) is 39.8 Å². The summed E-state index contributed by atoms with van der Waals surface area (Å²) >= 11 is 0. The van der Waals surface area contributed by atoms with Crippen molar-refractivity contribution in [2.24, 2.45) is 11.8 Å². The van der Waals surface area contributed by atoms with Crippen LogP contribution in [0.5, 0.6) is 5.75 Å². The zero-order valence-electron chi connectivity index (χ0n) is 14.4. The highest BCUT2D eigenvalue weighted by molar-refractivity contribution is 5.96. The van der Waals surface area contributed by atoms with Gasteiger partial charge in [-0.05, 0) is 24.5 Å². The maximum Gasteiger partial charge on any atom is 0.227 e. The topological polar surface area (TPSA) is 67.0 Å². The number of anilines is 1. The highest BCUT2D eigenvalue weighted by Crippen LogP contribution is 2.32. The van der Waals surface area contributed by atoms with Gasteiger partial charge in [-0.25, -0.2) is 0 Å². The largest absolute Gasteiger partial charge is 0.497 e. The molecule has 1 amide bonds. The lowest BCUT2D eigenvalue weighted by molar-refractivity contribution is -0.118. The van der Waals surface area contributed by atoms with Crippen molar-refractivity contribution in [1.82, 2.24) is 10.2 Å². The van der Waals surface area contributed by atoms with Gasteiger partial charge >= 0.3 is 0 Å². The monoisotopic (exact) mass is 315 g/mol. The normalized spacial score (nSPS) is 11.1. The third-order valence-corrected chi connectivity index (χ3v) is 3.57. The second-order valence-electron chi connectivity index (χ2n) is 6.40. The van der Waals surface area contributed by atoms with Gasteiger partial charge in [0.15, 0.2) is 0 Å². The van der Waals surface area contributed by atoms with E-state index in [0.717, 1.165) is 34.8 Å². The van der Waals surface area contributed by atoms with Gasteiger partial charge in [0.25, 0.3) is 0 Å². The summed E-state index contributed by atoms with van der Waals surface area (Å²) in [5.74, 6) is 1.12. The molecule has 23 heavy (non-hydrogen) atoms. The van der Waals surface area contributed by atoms with Crippen LogP contribution in [0.4, 0.5) is 5.69 Å². The predicted molar refractivity (Wildman–Crippen MR) is 92.6 cm³/mol. The average molecular weight is 315 g/mol. The number of hydrogen-bond acceptors (Lipinski definition) is 3. The number of ether oxygens (including phenoxy) is 1. The summed E-state index contributed by atoms with van der Waals surface area (Å²) < 4.78 is 5.28. The Bertz CT molecular complexity index is 675. The summed E-state index contributed by atoms with van der Waals surface area (Å²) in [6.45, 7) is 8.03. The van der Waals surface area contributed by atoms with E-state index < -0.39 is 0 Å². The van der Waals surface area contributed by atoms with E-state index in [1.54, 1.807) is 7.11 Å². The summed E-state index contributed by atoms with van der Waals surface area (Å²) in [6.07, 6.45) is 0.824. The second kappa shape index (κ2) is 7.31. The van der Waals surface area contributed by atoms with Gasteiger partial charge in [-0.2, -0.15) is 5.10 Å². The summed E-state index contributed by atoms with van der Waals surface area (Å²) in [5, 5.41) is 10.5. The smallest absolute Gasteiger partial charge is 0.227 e. The molecule has 0 aliphatic carbocycles. The Kier molecular flexibility index (Phi) is 5.42. The Morgan fingerprint density at radius 1 is 1.30 bits per heavy atom. The molecular formula is C18H25N3O2. The molecule has 0 atom stereocenters. The third kappa shape index (κ3) is 4.12. The number of aromatic amines is 1. The number of carbonyl (C=O) groups excluding carboxylic acids is 1. The number of carbonyl (C=O) groups is 1. The van der Waals surface area contributed by atoms with Crippen LogP contribution in [0.2, 0.25) is 0 Å². The van der Waals surface area contributed by atoms with Crippen LogP contribution in [0, 0.1) is 11.8 Å². The van der Waals surface area contributed by atoms with E-state index >= 15 is 0 Å². The Hall–Kier alpha value is -2.30. The number of rotatable bonds is 6. The predicted octanol–water partition coefficient (Wildman–Crippen LogP) is 3.88. The number of nitrogens with zero attached hydrogens (tertiary/aromatic N) is 1. The number of hydrogen-bond donors (Lipinski definition) is 2. The van der Waals surface area contributed by atoms with Crippen LogP contribution in [0.15, 0.2) is 24.3 Å². The van der Waals surface area contributed by atoms with Crippen molar-refractivity contribution in [3.8, 4) is 17.0 Å². The van der Waals surface area contributed by atoms with Crippen molar-refractivity contribution in [3.63, 3.8) is 0 Å². The first-order valence-electron chi connectivity index (χ1n) is 7.94. The minimum absolute atomic E-state index is 0.0134. The minimum atomic E-state index is -0.0880. The Morgan fingerprint density at radius 3 is 2.65 bits per heavy atom. The first kappa shape index (κ1) is 17.1. The van der Waals surface area contributed by atoms with Crippen molar-refractivity contribution in [3.05, 3.63) is 30.0 Å². The van der Waals surface area contributed by atoms with Gasteiger partial charge in [-0.3, -0.25) is 9.89 Å². The molecule has 0 spiro atoms. The quantitative estimate of drug-likeness (QED) is 0.850. The van der Waals surface area contributed by atoms with Gasteiger partial charge < -0.3 is 10.1 Å². The van der Waals surface area contributed by atoms with Crippen molar-refractivity contribution >= 4 is 11.6 Å². The molecule has 5 heteroatoms. The fraction of sp³-hybridized carbons (Fsp3) is 0.444. The lowest BCUT2D eigenvalue weighted by Crippen LogP contribution is -2.19. The molecule has 0 saturated heterocycles. The molecule has 2 N–H and O–H groups in total. The van der Waals surface area contributed by atoms with Crippen LogP contribution >= 0.6 is 0 Å². The van der Waals surface area contributed by atoms with E-state index in [-0.39, 0.29) is 11.8 Å². The number of benzene rings is 1. The molecule has 1 aromatic carbocycles.